The summed E-state index contributed by atoms with van der Waals surface area (Å²) >= 11 is 1.68. The number of fused-ring (bicyclic) bond motifs is 1. The first-order chi connectivity index (χ1) is 8.50. The fourth-order valence-electron chi connectivity index (χ4n) is 1.81. The largest absolute Gasteiger partial charge is 0.356 e. The average Bonchev–Trinajstić information content (AvgIpc) is 2.85. The van der Waals surface area contributed by atoms with Gasteiger partial charge in [-0.2, -0.15) is 0 Å². The Kier molecular flexibility index (Phi) is 3.92. The van der Waals surface area contributed by atoms with Crippen LogP contribution in [-0.4, -0.2) is 28.5 Å². The van der Waals surface area contributed by atoms with E-state index in [2.05, 4.69) is 60.9 Å². The van der Waals surface area contributed by atoms with Crippen LogP contribution in [0, 0.1) is 0 Å². The molecule has 100 valence electrons. The molecule has 0 aliphatic rings. The van der Waals surface area contributed by atoms with Gasteiger partial charge in [0.1, 0.15) is 0 Å². The van der Waals surface area contributed by atoms with Gasteiger partial charge in [-0.25, -0.2) is 4.98 Å². The summed E-state index contributed by atoms with van der Waals surface area (Å²) in [5.41, 5.74) is 1.25. The molecule has 2 rings (SSSR count). The first kappa shape index (κ1) is 13.4. The maximum absolute atomic E-state index is 4.74. The summed E-state index contributed by atoms with van der Waals surface area (Å²) in [4.78, 5) is 8.04. The van der Waals surface area contributed by atoms with Gasteiger partial charge in [-0.3, -0.25) is 4.40 Å². The van der Waals surface area contributed by atoms with E-state index >= 15 is 0 Å². The predicted molar refractivity (Wildman–Crippen MR) is 78.6 cm³/mol. The highest BCUT2D eigenvalue weighted by Crippen LogP contribution is 2.25. The van der Waals surface area contributed by atoms with Crippen molar-refractivity contribution in [1.82, 2.24) is 14.7 Å². The average molecular weight is 266 g/mol. The van der Waals surface area contributed by atoms with Crippen molar-refractivity contribution in [3.8, 4) is 0 Å². The zero-order valence-corrected chi connectivity index (χ0v) is 12.6. The molecule has 0 fully saturated rings. The Balaban J connectivity index is 2.38. The Morgan fingerprint density at radius 2 is 2.11 bits per heavy atom. The minimum absolute atomic E-state index is 0.451. The lowest BCUT2D eigenvalue weighted by molar-refractivity contribution is 0.578. The molecular formula is C13H22N4S. The quantitative estimate of drug-likeness (QED) is 0.903. The minimum Gasteiger partial charge on any atom is -0.356 e. The van der Waals surface area contributed by atoms with Crippen LogP contribution in [0.2, 0.25) is 0 Å². The van der Waals surface area contributed by atoms with Crippen molar-refractivity contribution in [3.05, 3.63) is 17.3 Å². The monoisotopic (exact) mass is 266 g/mol. The van der Waals surface area contributed by atoms with Gasteiger partial charge in [-0.15, -0.1) is 11.3 Å². The summed E-state index contributed by atoms with van der Waals surface area (Å²) in [5, 5.41) is 5.56. The fourth-order valence-corrected chi connectivity index (χ4v) is 2.54. The van der Waals surface area contributed by atoms with Crippen LogP contribution in [0.25, 0.3) is 4.96 Å². The fraction of sp³-hybridized carbons (Fsp3) is 0.615. The number of aromatic nitrogens is 2. The van der Waals surface area contributed by atoms with Gasteiger partial charge in [0, 0.05) is 37.3 Å². The molecule has 18 heavy (non-hydrogen) atoms. The van der Waals surface area contributed by atoms with E-state index < -0.39 is 0 Å². The van der Waals surface area contributed by atoms with Gasteiger partial charge in [0.2, 0.25) is 0 Å². The molecule has 0 aliphatic carbocycles. The van der Waals surface area contributed by atoms with Crippen molar-refractivity contribution in [1.29, 1.82) is 0 Å². The van der Waals surface area contributed by atoms with E-state index in [9.17, 15) is 0 Å². The van der Waals surface area contributed by atoms with Crippen molar-refractivity contribution in [2.24, 2.45) is 0 Å². The van der Waals surface area contributed by atoms with Crippen LogP contribution in [0.3, 0.4) is 0 Å². The highest BCUT2D eigenvalue weighted by Gasteiger charge is 2.18. The lowest BCUT2D eigenvalue weighted by Gasteiger charge is -2.23. The number of imidazole rings is 1. The normalized spacial score (nSPS) is 11.9. The van der Waals surface area contributed by atoms with Gasteiger partial charge >= 0.3 is 0 Å². The van der Waals surface area contributed by atoms with Crippen molar-refractivity contribution >= 4 is 22.1 Å². The predicted octanol–water partition coefficient (Wildman–Crippen LogP) is 2.74. The Morgan fingerprint density at radius 3 is 2.72 bits per heavy atom. The molecule has 2 aromatic heterocycles. The van der Waals surface area contributed by atoms with E-state index in [4.69, 9.17) is 4.98 Å². The van der Waals surface area contributed by atoms with E-state index in [-0.39, 0.29) is 0 Å². The van der Waals surface area contributed by atoms with Crippen molar-refractivity contribution in [2.75, 3.05) is 11.9 Å². The second-order valence-corrected chi connectivity index (χ2v) is 6.05. The van der Waals surface area contributed by atoms with Gasteiger partial charge < -0.3 is 10.2 Å². The molecule has 0 bridgehead atoms. The molecule has 0 unspecified atom stereocenters. The SMILES string of the molecule is CC(C)NCc1c(N(C)C(C)C)nc2sccn12. The zero-order valence-electron chi connectivity index (χ0n) is 11.8. The van der Waals surface area contributed by atoms with E-state index in [1.165, 1.54) is 5.69 Å². The van der Waals surface area contributed by atoms with Crippen LogP contribution < -0.4 is 10.2 Å². The molecule has 5 heteroatoms. The number of nitrogens with one attached hydrogen (secondary N) is 1. The van der Waals surface area contributed by atoms with Gasteiger partial charge in [0.15, 0.2) is 10.8 Å². The van der Waals surface area contributed by atoms with Crippen molar-refractivity contribution < 1.29 is 0 Å². The molecule has 2 aromatic rings. The van der Waals surface area contributed by atoms with E-state index in [0.29, 0.717) is 12.1 Å². The number of hydrogen-bond acceptors (Lipinski definition) is 4. The molecule has 0 spiro atoms. The van der Waals surface area contributed by atoms with Crippen molar-refractivity contribution in [2.45, 2.75) is 46.3 Å². The molecule has 0 saturated heterocycles. The van der Waals surface area contributed by atoms with E-state index in [1.54, 1.807) is 11.3 Å². The molecule has 0 saturated carbocycles. The van der Waals surface area contributed by atoms with Crippen LogP contribution >= 0.6 is 11.3 Å². The Hall–Kier alpha value is -1.07. The third-order valence-corrected chi connectivity index (χ3v) is 3.88. The third kappa shape index (κ3) is 2.52. The molecule has 0 amide bonds. The summed E-state index contributed by atoms with van der Waals surface area (Å²) in [5.74, 6) is 1.09. The Bertz CT molecular complexity index is 512. The standard InChI is InChI=1S/C13H22N4S/c1-9(2)14-8-11-12(16(5)10(3)4)15-13-17(11)6-7-18-13/h6-7,9-10,14H,8H2,1-5H3. The Labute approximate surface area is 113 Å². The van der Waals surface area contributed by atoms with E-state index in [0.717, 1.165) is 17.3 Å². The van der Waals surface area contributed by atoms with Crippen LogP contribution in [-0.2, 0) is 6.54 Å². The van der Waals surface area contributed by atoms with Crippen LogP contribution in [0.15, 0.2) is 11.6 Å². The first-order valence-electron chi connectivity index (χ1n) is 6.41. The lowest BCUT2D eigenvalue weighted by atomic mass is 10.3. The number of anilines is 1. The summed E-state index contributed by atoms with van der Waals surface area (Å²) in [6, 6.07) is 0.929. The van der Waals surface area contributed by atoms with Crippen molar-refractivity contribution in [3.63, 3.8) is 0 Å². The smallest absolute Gasteiger partial charge is 0.195 e. The summed E-state index contributed by atoms with van der Waals surface area (Å²) < 4.78 is 2.19. The summed E-state index contributed by atoms with van der Waals surface area (Å²) in [6.45, 7) is 9.55. The van der Waals surface area contributed by atoms with Crippen LogP contribution in [0.5, 0.6) is 0 Å². The highest BCUT2D eigenvalue weighted by atomic mass is 32.1. The number of nitrogens with zero attached hydrogens (tertiary/aromatic N) is 3. The molecular weight excluding hydrogens is 244 g/mol. The lowest BCUT2D eigenvalue weighted by Crippen LogP contribution is -2.29. The summed E-state index contributed by atoms with van der Waals surface area (Å²) in [7, 11) is 2.11. The molecule has 0 aromatic carbocycles. The highest BCUT2D eigenvalue weighted by molar-refractivity contribution is 7.15. The number of hydrogen-bond donors (Lipinski definition) is 1. The number of rotatable bonds is 5. The second kappa shape index (κ2) is 5.28. The van der Waals surface area contributed by atoms with Gasteiger partial charge in [0.25, 0.3) is 0 Å². The molecule has 2 heterocycles. The minimum atomic E-state index is 0.451. The maximum atomic E-state index is 4.74. The zero-order chi connectivity index (χ0) is 13.3. The third-order valence-electron chi connectivity index (χ3n) is 3.13. The summed E-state index contributed by atoms with van der Waals surface area (Å²) in [6.07, 6.45) is 2.10. The Morgan fingerprint density at radius 1 is 1.39 bits per heavy atom. The molecule has 4 nitrogen and oxygen atoms in total. The maximum Gasteiger partial charge on any atom is 0.195 e. The topological polar surface area (TPSA) is 32.6 Å². The number of thiazole rings is 1. The first-order valence-corrected chi connectivity index (χ1v) is 7.29. The van der Waals surface area contributed by atoms with Crippen LogP contribution in [0.4, 0.5) is 5.82 Å². The second-order valence-electron chi connectivity index (χ2n) is 5.18. The van der Waals surface area contributed by atoms with Gasteiger partial charge in [0.05, 0.1) is 5.69 Å². The van der Waals surface area contributed by atoms with Crippen LogP contribution in [0.1, 0.15) is 33.4 Å². The molecule has 0 atom stereocenters. The van der Waals surface area contributed by atoms with E-state index in [1.807, 2.05) is 0 Å². The molecule has 0 radical (unpaired) electrons. The van der Waals surface area contributed by atoms with Gasteiger partial charge in [-0.1, -0.05) is 13.8 Å². The molecule has 1 N–H and O–H groups in total. The molecule has 0 aliphatic heterocycles. The van der Waals surface area contributed by atoms with Gasteiger partial charge in [-0.05, 0) is 13.8 Å².